The number of rotatable bonds is 5. The molecule has 0 N–H and O–H groups in total. The molecule has 0 saturated heterocycles. The van der Waals surface area contributed by atoms with Gasteiger partial charge >= 0.3 is 0 Å². The van der Waals surface area contributed by atoms with Gasteiger partial charge in [0.15, 0.2) is 5.76 Å². The van der Waals surface area contributed by atoms with Crippen molar-refractivity contribution < 1.29 is 23.8 Å². The van der Waals surface area contributed by atoms with Gasteiger partial charge in [0.05, 0.1) is 18.5 Å². The second-order valence-corrected chi connectivity index (χ2v) is 5.91. The minimum Gasteiger partial charge on any atom is -0.546 e. The van der Waals surface area contributed by atoms with Crippen LogP contribution >= 0.6 is 0 Å². The van der Waals surface area contributed by atoms with Gasteiger partial charge < -0.3 is 23.8 Å². The minimum atomic E-state index is -1.43. The first-order valence-corrected chi connectivity index (χ1v) is 7.96. The quantitative estimate of drug-likeness (QED) is 0.699. The normalized spacial score (nSPS) is 10.7. The van der Waals surface area contributed by atoms with Gasteiger partial charge in [0, 0.05) is 5.56 Å². The van der Waals surface area contributed by atoms with E-state index in [2.05, 4.69) is 0 Å². The number of benzene rings is 2. The van der Waals surface area contributed by atoms with E-state index in [4.69, 9.17) is 13.9 Å². The zero-order chi connectivity index (χ0) is 18.8. The number of aryl methyl sites for hydroxylation is 2. The van der Waals surface area contributed by atoms with Gasteiger partial charge in [-0.25, -0.2) is 0 Å². The van der Waals surface area contributed by atoms with Crippen LogP contribution in [-0.2, 0) is 4.79 Å². The average Bonchev–Trinajstić information content (AvgIpc) is 2.62. The number of carboxylic acid groups (broad SMARTS) is 1. The summed E-state index contributed by atoms with van der Waals surface area (Å²) in [5, 5.41) is 11.1. The van der Waals surface area contributed by atoms with Crippen LogP contribution in [0.15, 0.2) is 45.6 Å². The van der Waals surface area contributed by atoms with Gasteiger partial charge in [0.2, 0.25) is 11.2 Å². The van der Waals surface area contributed by atoms with Crippen molar-refractivity contribution in [2.45, 2.75) is 13.8 Å². The molecule has 3 aromatic rings. The van der Waals surface area contributed by atoms with E-state index in [1.807, 2.05) is 13.8 Å². The molecule has 1 aromatic heterocycles. The first-order valence-electron chi connectivity index (χ1n) is 7.96. The second-order valence-electron chi connectivity index (χ2n) is 5.91. The Bertz CT molecular complexity index is 1030. The van der Waals surface area contributed by atoms with E-state index in [-0.39, 0.29) is 11.5 Å². The molecule has 2 aromatic carbocycles. The fourth-order valence-corrected chi connectivity index (χ4v) is 2.63. The summed E-state index contributed by atoms with van der Waals surface area (Å²) < 4.78 is 16.3. The minimum absolute atomic E-state index is 0.157. The first kappa shape index (κ1) is 17.5. The molecule has 0 spiro atoms. The summed E-state index contributed by atoms with van der Waals surface area (Å²) >= 11 is 0. The van der Waals surface area contributed by atoms with E-state index in [0.717, 1.165) is 11.1 Å². The Labute approximate surface area is 149 Å². The molecule has 0 fully saturated rings. The van der Waals surface area contributed by atoms with Crippen LogP contribution in [0, 0.1) is 13.8 Å². The third-order valence-corrected chi connectivity index (χ3v) is 4.15. The van der Waals surface area contributed by atoms with Gasteiger partial charge in [-0.15, -0.1) is 0 Å². The highest BCUT2D eigenvalue weighted by Crippen LogP contribution is 2.32. The van der Waals surface area contributed by atoms with E-state index in [1.54, 1.807) is 43.5 Å². The summed E-state index contributed by atoms with van der Waals surface area (Å²) in [6.45, 7) is 3.06. The molecule has 134 valence electrons. The summed E-state index contributed by atoms with van der Waals surface area (Å²) in [6.07, 6.45) is 0. The SMILES string of the molecule is COc1ccc(-c2oc3cc(C)c(C)cc3c(=O)c2OCC(=O)[O-])cc1. The second kappa shape index (κ2) is 6.92. The predicted molar refractivity (Wildman–Crippen MR) is 94.4 cm³/mol. The summed E-state index contributed by atoms with van der Waals surface area (Å²) in [7, 11) is 1.55. The number of hydrogen-bond acceptors (Lipinski definition) is 6. The molecule has 0 unspecified atom stereocenters. The standard InChI is InChI=1S/C20H18O6/c1-11-8-15-16(9-12(11)2)26-19(13-4-6-14(24-3)7-5-13)20(18(15)23)25-10-17(21)22/h4-9H,10H2,1-3H3,(H,21,22)/p-1. The fourth-order valence-electron chi connectivity index (χ4n) is 2.63. The highest BCUT2D eigenvalue weighted by atomic mass is 16.5. The van der Waals surface area contributed by atoms with Crippen molar-refractivity contribution in [2.24, 2.45) is 0 Å². The van der Waals surface area contributed by atoms with Crippen molar-refractivity contribution >= 4 is 16.9 Å². The predicted octanol–water partition coefficient (Wildman–Crippen LogP) is 2.21. The number of hydrogen-bond donors (Lipinski definition) is 0. The van der Waals surface area contributed by atoms with Crippen molar-refractivity contribution in [3.05, 3.63) is 57.7 Å². The highest BCUT2D eigenvalue weighted by molar-refractivity contribution is 5.83. The molecule has 0 radical (unpaired) electrons. The number of aliphatic carboxylic acids is 1. The van der Waals surface area contributed by atoms with Crippen LogP contribution in [0.5, 0.6) is 11.5 Å². The molecule has 0 amide bonds. The maximum Gasteiger partial charge on any atom is 0.235 e. The molecule has 0 bridgehead atoms. The van der Waals surface area contributed by atoms with Crippen LogP contribution in [-0.4, -0.2) is 19.7 Å². The number of carboxylic acids is 1. The fraction of sp³-hybridized carbons (Fsp3) is 0.200. The van der Waals surface area contributed by atoms with Crippen LogP contribution in [0.25, 0.3) is 22.3 Å². The van der Waals surface area contributed by atoms with Crippen LogP contribution in [0.1, 0.15) is 11.1 Å². The highest BCUT2D eigenvalue weighted by Gasteiger charge is 2.18. The van der Waals surface area contributed by atoms with Crippen molar-refractivity contribution in [1.29, 1.82) is 0 Å². The molecule has 3 rings (SSSR count). The zero-order valence-electron chi connectivity index (χ0n) is 14.6. The van der Waals surface area contributed by atoms with E-state index in [9.17, 15) is 14.7 Å². The zero-order valence-corrected chi connectivity index (χ0v) is 14.6. The van der Waals surface area contributed by atoms with Crippen LogP contribution in [0.3, 0.4) is 0 Å². The molecule has 0 atom stereocenters. The summed E-state index contributed by atoms with van der Waals surface area (Å²) in [6, 6.07) is 10.3. The third kappa shape index (κ3) is 3.26. The van der Waals surface area contributed by atoms with Gasteiger partial charge in [0.1, 0.15) is 17.9 Å². The lowest BCUT2D eigenvalue weighted by Crippen LogP contribution is -2.30. The number of ether oxygens (including phenoxy) is 2. The van der Waals surface area contributed by atoms with Crippen LogP contribution in [0.4, 0.5) is 0 Å². The lowest BCUT2D eigenvalue weighted by atomic mass is 10.0. The Hall–Kier alpha value is -3.28. The molecule has 6 nitrogen and oxygen atoms in total. The van der Waals surface area contributed by atoms with Crippen LogP contribution < -0.4 is 20.0 Å². The topological polar surface area (TPSA) is 88.8 Å². The first-order chi connectivity index (χ1) is 12.4. The maximum absolute atomic E-state index is 12.9. The van der Waals surface area contributed by atoms with E-state index >= 15 is 0 Å². The molecule has 0 aliphatic heterocycles. The monoisotopic (exact) mass is 353 g/mol. The molecular formula is C20H17O6-. The lowest BCUT2D eigenvalue weighted by molar-refractivity contribution is -0.307. The molecule has 26 heavy (non-hydrogen) atoms. The molecule has 6 heteroatoms. The van der Waals surface area contributed by atoms with E-state index < -0.39 is 18.0 Å². The Morgan fingerprint density at radius 2 is 1.77 bits per heavy atom. The van der Waals surface area contributed by atoms with E-state index in [1.165, 1.54) is 0 Å². The van der Waals surface area contributed by atoms with Gasteiger partial charge in [-0.3, -0.25) is 4.79 Å². The number of methoxy groups -OCH3 is 1. The summed E-state index contributed by atoms with van der Waals surface area (Å²) in [5.41, 5.74) is 2.44. The number of carbonyl (C=O) groups excluding carboxylic acids is 1. The lowest BCUT2D eigenvalue weighted by Gasteiger charge is -2.13. The molecular weight excluding hydrogens is 336 g/mol. The Morgan fingerprint density at radius 3 is 2.38 bits per heavy atom. The number of fused-ring (bicyclic) bond motifs is 1. The molecule has 0 aliphatic carbocycles. The van der Waals surface area contributed by atoms with Gasteiger partial charge in [0.25, 0.3) is 0 Å². The maximum atomic E-state index is 12.9. The molecule has 0 aliphatic rings. The van der Waals surface area contributed by atoms with Crippen molar-refractivity contribution in [3.63, 3.8) is 0 Å². The summed E-state index contributed by atoms with van der Waals surface area (Å²) in [5.74, 6) is -0.782. The number of carbonyl (C=O) groups is 1. The van der Waals surface area contributed by atoms with Gasteiger partial charge in [-0.05, 0) is 61.4 Å². The summed E-state index contributed by atoms with van der Waals surface area (Å²) in [4.78, 5) is 23.7. The molecule has 1 heterocycles. The average molecular weight is 353 g/mol. The third-order valence-electron chi connectivity index (χ3n) is 4.15. The van der Waals surface area contributed by atoms with E-state index in [0.29, 0.717) is 22.3 Å². The Balaban J connectivity index is 2.26. The van der Waals surface area contributed by atoms with Gasteiger partial charge in [-0.1, -0.05) is 0 Å². The largest absolute Gasteiger partial charge is 0.546 e. The van der Waals surface area contributed by atoms with Gasteiger partial charge in [-0.2, -0.15) is 0 Å². The Morgan fingerprint density at radius 1 is 1.12 bits per heavy atom. The smallest absolute Gasteiger partial charge is 0.235 e. The Kier molecular flexibility index (Phi) is 4.67. The van der Waals surface area contributed by atoms with Crippen molar-refractivity contribution in [1.82, 2.24) is 0 Å². The molecule has 0 saturated carbocycles. The van der Waals surface area contributed by atoms with Crippen molar-refractivity contribution in [3.8, 4) is 22.8 Å². The van der Waals surface area contributed by atoms with Crippen molar-refractivity contribution in [2.75, 3.05) is 13.7 Å². The van der Waals surface area contributed by atoms with Crippen LogP contribution in [0.2, 0.25) is 0 Å².